The molecule has 5 N–H and O–H groups in total. The lowest BCUT2D eigenvalue weighted by Gasteiger charge is -2.36. The number of amides is 3. The number of hydrogen-bond acceptors (Lipinski definition) is 3. The van der Waals surface area contributed by atoms with Crippen LogP contribution in [0.3, 0.4) is 0 Å². The molecule has 8 heteroatoms. The van der Waals surface area contributed by atoms with Gasteiger partial charge in [-0.05, 0) is 42.5 Å². The minimum Gasteiger partial charge on any atom is -0.368 e. The Morgan fingerprint density at radius 1 is 0.974 bits per heavy atom. The van der Waals surface area contributed by atoms with Crippen LogP contribution in [0.1, 0.15) is 42.5 Å². The number of benzene rings is 2. The van der Waals surface area contributed by atoms with Crippen molar-refractivity contribution in [2.45, 2.75) is 51.1 Å². The molecule has 0 spiro atoms. The van der Waals surface area contributed by atoms with Gasteiger partial charge >= 0.3 is 0 Å². The molecule has 1 saturated carbocycles. The van der Waals surface area contributed by atoms with Crippen LogP contribution in [0.4, 0.5) is 0 Å². The Hall–Kier alpha value is -4.07. The molecule has 0 radical (unpaired) electrons. The van der Waals surface area contributed by atoms with E-state index in [1.807, 2.05) is 47.5 Å². The number of para-hydroxylation sites is 2. The monoisotopic (exact) mass is 511 g/mol. The van der Waals surface area contributed by atoms with Crippen LogP contribution >= 0.6 is 0 Å². The number of primary amides is 1. The van der Waals surface area contributed by atoms with E-state index in [1.54, 1.807) is 0 Å². The molecule has 1 fully saturated rings. The van der Waals surface area contributed by atoms with Gasteiger partial charge in [-0.25, -0.2) is 0 Å². The van der Waals surface area contributed by atoms with Gasteiger partial charge in [-0.3, -0.25) is 14.4 Å². The maximum Gasteiger partial charge on any atom is 0.240 e. The fraction of sp³-hybridized carbons (Fsp3) is 0.367. The van der Waals surface area contributed by atoms with Gasteiger partial charge < -0.3 is 25.9 Å². The molecule has 2 aliphatic rings. The van der Waals surface area contributed by atoms with Gasteiger partial charge in [-0.15, -0.1) is 0 Å². The third kappa shape index (κ3) is 4.44. The Morgan fingerprint density at radius 3 is 2.47 bits per heavy atom. The van der Waals surface area contributed by atoms with Crippen molar-refractivity contribution in [3.63, 3.8) is 0 Å². The Balaban J connectivity index is 1.17. The zero-order valence-electron chi connectivity index (χ0n) is 21.3. The first kappa shape index (κ1) is 24.3. The van der Waals surface area contributed by atoms with Crippen LogP contribution in [0, 0.1) is 11.8 Å². The van der Waals surface area contributed by atoms with Crippen molar-refractivity contribution in [2.75, 3.05) is 6.54 Å². The highest BCUT2D eigenvalue weighted by Crippen LogP contribution is 2.34. The molecule has 2 unspecified atom stereocenters. The molecular weight excluding hydrogens is 478 g/mol. The van der Waals surface area contributed by atoms with Gasteiger partial charge in [-0.1, -0.05) is 49.2 Å². The summed E-state index contributed by atoms with van der Waals surface area (Å²) in [6.45, 7) is 1.17. The maximum absolute atomic E-state index is 13.8. The van der Waals surface area contributed by atoms with E-state index in [0.29, 0.717) is 32.4 Å². The smallest absolute Gasteiger partial charge is 0.240 e. The van der Waals surface area contributed by atoms with Gasteiger partial charge in [0.2, 0.25) is 17.7 Å². The molecule has 3 amide bonds. The number of H-pyrrole nitrogens is 2. The summed E-state index contributed by atoms with van der Waals surface area (Å²) in [5.74, 6) is -1.66. The second kappa shape index (κ2) is 10.0. The Bertz CT molecular complexity index is 1520. The van der Waals surface area contributed by atoms with Crippen LogP contribution < -0.4 is 11.1 Å². The van der Waals surface area contributed by atoms with E-state index >= 15 is 0 Å². The topological polar surface area (TPSA) is 124 Å². The predicted octanol–water partition coefficient (Wildman–Crippen LogP) is 3.55. The van der Waals surface area contributed by atoms with Crippen molar-refractivity contribution in [3.05, 3.63) is 71.5 Å². The van der Waals surface area contributed by atoms with E-state index in [1.165, 1.54) is 10.9 Å². The second-order valence-corrected chi connectivity index (χ2v) is 10.7. The summed E-state index contributed by atoms with van der Waals surface area (Å²) >= 11 is 0. The average Bonchev–Trinajstić information content (AvgIpc) is 3.53. The predicted molar refractivity (Wildman–Crippen MR) is 146 cm³/mol. The van der Waals surface area contributed by atoms with Crippen LogP contribution in [0.2, 0.25) is 0 Å². The van der Waals surface area contributed by atoms with Crippen molar-refractivity contribution < 1.29 is 14.4 Å². The number of aromatic amines is 2. The van der Waals surface area contributed by atoms with Gasteiger partial charge in [0.1, 0.15) is 6.04 Å². The van der Waals surface area contributed by atoms with E-state index in [0.717, 1.165) is 46.9 Å². The first-order chi connectivity index (χ1) is 18.5. The molecule has 1 aliphatic carbocycles. The van der Waals surface area contributed by atoms with E-state index in [2.05, 4.69) is 27.4 Å². The fourth-order valence-electron chi connectivity index (χ4n) is 6.38. The standard InChI is InChI=1S/C30H33N5O3/c31-28(36)26(15-18-16-32-24-11-5-3-7-19(18)24)34-29(37)22-9-1-2-10-23(22)30(38)35-14-13-21-20-8-4-6-12-25(20)33-27(21)17-35/h3-8,11-12,16,22-23,26,32-33H,1-2,9-10,13-15,17H2,(H2,31,36)(H,34,37)/t22?,23?,26-/m0/s1. The van der Waals surface area contributed by atoms with Crippen LogP contribution in [0.25, 0.3) is 21.8 Å². The number of aromatic nitrogens is 2. The van der Waals surface area contributed by atoms with E-state index in [9.17, 15) is 14.4 Å². The number of nitrogens with two attached hydrogens (primary N) is 1. The van der Waals surface area contributed by atoms with Crippen molar-refractivity contribution in [1.82, 2.24) is 20.2 Å². The zero-order chi connectivity index (χ0) is 26.2. The average molecular weight is 512 g/mol. The van der Waals surface area contributed by atoms with Gasteiger partial charge in [0.05, 0.1) is 6.54 Å². The van der Waals surface area contributed by atoms with Crippen molar-refractivity contribution >= 4 is 39.5 Å². The third-order valence-corrected chi connectivity index (χ3v) is 8.37. The quantitative estimate of drug-likeness (QED) is 0.316. The summed E-state index contributed by atoms with van der Waals surface area (Å²) in [6.07, 6.45) is 6.06. The first-order valence-corrected chi connectivity index (χ1v) is 13.5. The highest BCUT2D eigenvalue weighted by atomic mass is 16.2. The summed E-state index contributed by atoms with van der Waals surface area (Å²) in [5.41, 5.74) is 11.1. The van der Waals surface area contributed by atoms with Crippen LogP contribution in [0.5, 0.6) is 0 Å². The lowest BCUT2D eigenvalue weighted by molar-refractivity contribution is -0.145. The normalized spacial score (nSPS) is 20.3. The molecule has 3 heterocycles. The first-order valence-electron chi connectivity index (χ1n) is 13.5. The number of nitrogens with zero attached hydrogens (tertiary/aromatic N) is 1. The molecule has 38 heavy (non-hydrogen) atoms. The number of carbonyl (C=O) groups excluding carboxylic acids is 3. The molecule has 0 saturated heterocycles. The highest BCUT2D eigenvalue weighted by molar-refractivity contribution is 5.92. The van der Waals surface area contributed by atoms with Crippen molar-refractivity contribution in [3.8, 4) is 0 Å². The number of nitrogens with one attached hydrogen (secondary N) is 3. The summed E-state index contributed by atoms with van der Waals surface area (Å²) in [4.78, 5) is 48.2. The second-order valence-electron chi connectivity index (χ2n) is 10.7. The number of fused-ring (bicyclic) bond motifs is 4. The van der Waals surface area contributed by atoms with Crippen molar-refractivity contribution in [1.29, 1.82) is 0 Å². The lowest BCUT2D eigenvalue weighted by atomic mass is 9.77. The summed E-state index contributed by atoms with van der Waals surface area (Å²) in [6, 6.07) is 15.2. The minimum absolute atomic E-state index is 0.0291. The Labute approximate surface area is 221 Å². The number of carbonyl (C=O) groups is 3. The molecule has 8 nitrogen and oxygen atoms in total. The molecular formula is C30H33N5O3. The Morgan fingerprint density at radius 2 is 1.68 bits per heavy atom. The van der Waals surface area contributed by atoms with E-state index in [4.69, 9.17) is 5.73 Å². The maximum atomic E-state index is 13.8. The zero-order valence-corrected chi connectivity index (χ0v) is 21.3. The van der Waals surface area contributed by atoms with Gasteiger partial charge in [0.25, 0.3) is 0 Å². The van der Waals surface area contributed by atoms with E-state index in [-0.39, 0.29) is 11.8 Å². The third-order valence-electron chi connectivity index (χ3n) is 8.37. The molecule has 3 atom stereocenters. The molecule has 196 valence electrons. The fourth-order valence-corrected chi connectivity index (χ4v) is 6.38. The highest BCUT2D eigenvalue weighted by Gasteiger charge is 2.39. The lowest BCUT2D eigenvalue weighted by Crippen LogP contribution is -2.51. The van der Waals surface area contributed by atoms with Gasteiger partial charge in [0.15, 0.2) is 0 Å². The molecule has 2 aromatic carbocycles. The van der Waals surface area contributed by atoms with Gasteiger partial charge in [0, 0.05) is 58.5 Å². The molecule has 2 aromatic heterocycles. The number of rotatable bonds is 6. The van der Waals surface area contributed by atoms with Crippen LogP contribution in [-0.4, -0.2) is 45.2 Å². The molecule has 0 bridgehead atoms. The largest absolute Gasteiger partial charge is 0.368 e. The SMILES string of the molecule is NC(=O)[C@H](Cc1c[nH]c2ccccc12)NC(=O)C1CCCCC1C(=O)N1CCc2c([nH]c3ccccc23)C1. The molecule has 4 aromatic rings. The van der Waals surface area contributed by atoms with Crippen LogP contribution in [-0.2, 0) is 33.8 Å². The Kier molecular flexibility index (Phi) is 6.39. The van der Waals surface area contributed by atoms with E-state index < -0.39 is 23.8 Å². The summed E-state index contributed by atoms with van der Waals surface area (Å²) < 4.78 is 0. The summed E-state index contributed by atoms with van der Waals surface area (Å²) in [7, 11) is 0. The molecule has 6 rings (SSSR count). The molecule has 1 aliphatic heterocycles. The van der Waals surface area contributed by atoms with Crippen LogP contribution in [0.15, 0.2) is 54.7 Å². The number of hydrogen-bond donors (Lipinski definition) is 4. The summed E-state index contributed by atoms with van der Waals surface area (Å²) in [5, 5.41) is 5.13. The van der Waals surface area contributed by atoms with Crippen molar-refractivity contribution in [2.24, 2.45) is 17.6 Å². The van der Waals surface area contributed by atoms with Gasteiger partial charge in [-0.2, -0.15) is 0 Å². The minimum atomic E-state index is -0.844.